The van der Waals surface area contributed by atoms with Crippen molar-refractivity contribution in [2.75, 3.05) is 5.75 Å². The summed E-state index contributed by atoms with van der Waals surface area (Å²) in [5.74, 6) is -0.579. The highest BCUT2D eigenvalue weighted by Gasteiger charge is 2.08. The Balaban J connectivity index is 2.87. The number of phenols is 1. The van der Waals surface area contributed by atoms with Crippen LogP contribution in [0.1, 0.15) is 22.3 Å². The van der Waals surface area contributed by atoms with Gasteiger partial charge in [0.05, 0.1) is 0 Å². The van der Waals surface area contributed by atoms with Gasteiger partial charge in [-0.3, -0.25) is 0 Å². The fourth-order valence-electron chi connectivity index (χ4n) is 1.13. The van der Waals surface area contributed by atoms with Gasteiger partial charge in [-0.1, -0.05) is 18.2 Å². The number of carbonyl (C=O) groups is 1. The van der Waals surface area contributed by atoms with Crippen LogP contribution in [0.15, 0.2) is 24.3 Å². The first-order chi connectivity index (χ1) is 7.15. The number of rotatable bonds is 4. The monoisotopic (exact) mass is 224 g/mol. The second-order valence-electron chi connectivity index (χ2n) is 3.00. The van der Waals surface area contributed by atoms with Crippen LogP contribution in [0, 0.1) is 0 Å². The number of hydrogen-bond donors (Lipinski definition) is 3. The van der Waals surface area contributed by atoms with Gasteiger partial charge < -0.3 is 10.2 Å². The molecule has 15 heavy (non-hydrogen) atoms. The zero-order valence-corrected chi connectivity index (χ0v) is 8.95. The summed E-state index contributed by atoms with van der Waals surface area (Å²) in [7, 11) is 0. The van der Waals surface area contributed by atoms with E-state index in [1.165, 1.54) is 12.1 Å². The van der Waals surface area contributed by atoms with Gasteiger partial charge in [-0.25, -0.2) is 4.79 Å². The Morgan fingerprint density at radius 1 is 1.47 bits per heavy atom. The Kier molecular flexibility index (Phi) is 4.24. The molecule has 0 saturated carbocycles. The van der Waals surface area contributed by atoms with Gasteiger partial charge in [-0.2, -0.15) is 12.6 Å². The van der Waals surface area contributed by atoms with Crippen molar-refractivity contribution >= 4 is 24.7 Å². The second kappa shape index (κ2) is 5.46. The number of thiol groups is 1. The van der Waals surface area contributed by atoms with E-state index in [0.29, 0.717) is 0 Å². The van der Waals surface area contributed by atoms with E-state index in [-0.39, 0.29) is 11.3 Å². The van der Waals surface area contributed by atoms with Crippen molar-refractivity contribution < 1.29 is 15.0 Å². The molecular formula is C11H12O3S. The van der Waals surface area contributed by atoms with E-state index < -0.39 is 5.97 Å². The quantitative estimate of drug-likeness (QED) is 0.688. The van der Waals surface area contributed by atoms with Crippen molar-refractivity contribution in [3.63, 3.8) is 0 Å². The number of aromatic hydroxyl groups is 1. The highest BCUT2D eigenvalue weighted by molar-refractivity contribution is 7.80. The van der Waals surface area contributed by atoms with Crippen LogP contribution in [0.25, 0.3) is 6.08 Å². The van der Waals surface area contributed by atoms with Crippen LogP contribution in [0.4, 0.5) is 0 Å². The van der Waals surface area contributed by atoms with Crippen LogP contribution in [-0.4, -0.2) is 21.9 Å². The van der Waals surface area contributed by atoms with E-state index >= 15 is 0 Å². The van der Waals surface area contributed by atoms with E-state index in [2.05, 4.69) is 12.6 Å². The molecule has 2 N–H and O–H groups in total. The molecule has 0 saturated heterocycles. The maximum Gasteiger partial charge on any atom is 0.339 e. The fraction of sp³-hybridized carbons (Fsp3) is 0.182. The van der Waals surface area contributed by atoms with Gasteiger partial charge in [0.2, 0.25) is 0 Å². The summed E-state index contributed by atoms with van der Waals surface area (Å²) < 4.78 is 0. The van der Waals surface area contributed by atoms with Gasteiger partial charge in [-0.05, 0) is 29.9 Å². The number of carboxylic acid groups (broad SMARTS) is 1. The number of carboxylic acids is 1. The van der Waals surface area contributed by atoms with Gasteiger partial charge in [0.1, 0.15) is 11.3 Å². The molecule has 0 aliphatic carbocycles. The van der Waals surface area contributed by atoms with Gasteiger partial charge >= 0.3 is 5.97 Å². The number of benzene rings is 1. The van der Waals surface area contributed by atoms with Crippen molar-refractivity contribution in [1.82, 2.24) is 0 Å². The molecule has 80 valence electrons. The van der Waals surface area contributed by atoms with Crippen LogP contribution >= 0.6 is 12.6 Å². The highest BCUT2D eigenvalue weighted by atomic mass is 32.1. The SMILES string of the molecule is O=C(O)c1ccc(C=CCCS)cc1O. The van der Waals surface area contributed by atoms with Crippen molar-refractivity contribution in [2.45, 2.75) is 6.42 Å². The molecule has 0 heterocycles. The predicted octanol–water partition coefficient (Wildman–Crippen LogP) is 2.42. The molecule has 0 amide bonds. The Morgan fingerprint density at radius 2 is 2.20 bits per heavy atom. The molecule has 0 aromatic heterocycles. The topological polar surface area (TPSA) is 57.5 Å². The summed E-state index contributed by atoms with van der Waals surface area (Å²) in [4.78, 5) is 10.6. The lowest BCUT2D eigenvalue weighted by molar-refractivity contribution is 0.0694. The van der Waals surface area contributed by atoms with Gasteiger partial charge in [-0.15, -0.1) is 0 Å². The van der Waals surface area contributed by atoms with Crippen LogP contribution in [-0.2, 0) is 0 Å². The summed E-state index contributed by atoms with van der Waals surface area (Å²) in [6, 6.07) is 4.47. The third kappa shape index (κ3) is 3.32. The molecule has 0 bridgehead atoms. The number of hydrogen-bond acceptors (Lipinski definition) is 3. The number of aromatic carboxylic acids is 1. The Morgan fingerprint density at radius 3 is 2.73 bits per heavy atom. The first kappa shape index (κ1) is 11.7. The summed E-state index contributed by atoms with van der Waals surface area (Å²) in [6.45, 7) is 0. The van der Waals surface area contributed by atoms with Gasteiger partial charge in [0, 0.05) is 0 Å². The van der Waals surface area contributed by atoms with Crippen molar-refractivity contribution in [3.05, 3.63) is 35.4 Å². The smallest absolute Gasteiger partial charge is 0.339 e. The molecule has 0 fully saturated rings. The number of allylic oxidation sites excluding steroid dienone is 1. The average molecular weight is 224 g/mol. The molecule has 1 aromatic carbocycles. The van der Waals surface area contributed by atoms with Crippen molar-refractivity contribution in [2.24, 2.45) is 0 Å². The minimum atomic E-state index is -1.13. The van der Waals surface area contributed by atoms with Crippen LogP contribution in [0.2, 0.25) is 0 Å². The molecule has 0 aliphatic rings. The molecule has 1 aromatic rings. The van der Waals surface area contributed by atoms with Gasteiger partial charge in [0.15, 0.2) is 0 Å². The predicted molar refractivity (Wildman–Crippen MR) is 62.6 cm³/mol. The Hall–Kier alpha value is -1.42. The Labute approximate surface area is 93.5 Å². The van der Waals surface area contributed by atoms with E-state index in [4.69, 9.17) is 5.11 Å². The first-order valence-electron chi connectivity index (χ1n) is 4.49. The van der Waals surface area contributed by atoms with Crippen LogP contribution in [0.5, 0.6) is 5.75 Å². The van der Waals surface area contributed by atoms with Crippen LogP contribution in [0.3, 0.4) is 0 Å². The van der Waals surface area contributed by atoms with Crippen molar-refractivity contribution in [3.8, 4) is 5.75 Å². The first-order valence-corrected chi connectivity index (χ1v) is 5.12. The maximum atomic E-state index is 10.6. The molecule has 1 rings (SSSR count). The highest BCUT2D eigenvalue weighted by Crippen LogP contribution is 2.19. The van der Waals surface area contributed by atoms with E-state index in [1.807, 2.05) is 12.2 Å². The molecule has 0 spiro atoms. The molecule has 3 nitrogen and oxygen atoms in total. The third-order valence-electron chi connectivity index (χ3n) is 1.86. The molecule has 4 heteroatoms. The van der Waals surface area contributed by atoms with E-state index in [1.54, 1.807) is 6.07 Å². The normalized spacial score (nSPS) is 10.7. The molecule has 0 radical (unpaired) electrons. The lowest BCUT2D eigenvalue weighted by Gasteiger charge is -2.00. The molecule has 0 aliphatic heterocycles. The maximum absolute atomic E-state index is 10.6. The third-order valence-corrected chi connectivity index (χ3v) is 2.12. The Bertz CT molecular complexity index is 385. The summed E-state index contributed by atoms with van der Waals surface area (Å²) in [5.41, 5.74) is 0.695. The summed E-state index contributed by atoms with van der Waals surface area (Å²) in [6.07, 6.45) is 4.58. The van der Waals surface area contributed by atoms with E-state index in [9.17, 15) is 9.90 Å². The largest absolute Gasteiger partial charge is 0.507 e. The van der Waals surface area contributed by atoms with Gasteiger partial charge in [0.25, 0.3) is 0 Å². The summed E-state index contributed by atoms with van der Waals surface area (Å²) >= 11 is 4.05. The lowest BCUT2D eigenvalue weighted by atomic mass is 10.1. The minimum Gasteiger partial charge on any atom is -0.507 e. The van der Waals surface area contributed by atoms with Crippen LogP contribution < -0.4 is 0 Å². The van der Waals surface area contributed by atoms with Crippen molar-refractivity contribution in [1.29, 1.82) is 0 Å². The molecular weight excluding hydrogens is 212 g/mol. The zero-order valence-electron chi connectivity index (χ0n) is 8.05. The zero-order chi connectivity index (χ0) is 11.3. The lowest BCUT2D eigenvalue weighted by Crippen LogP contribution is -1.96. The average Bonchev–Trinajstić information content (AvgIpc) is 2.17. The molecule has 0 unspecified atom stereocenters. The second-order valence-corrected chi connectivity index (χ2v) is 3.44. The molecule has 0 atom stereocenters. The standard InChI is InChI=1S/C11H12O3S/c12-10-7-8(3-1-2-6-15)4-5-9(10)11(13)14/h1,3-5,7,12,15H,2,6H2,(H,13,14). The fourth-order valence-corrected chi connectivity index (χ4v) is 1.28. The minimum absolute atomic E-state index is 0.0821. The summed E-state index contributed by atoms with van der Waals surface area (Å²) in [5, 5.41) is 18.1. The van der Waals surface area contributed by atoms with E-state index in [0.717, 1.165) is 17.7 Å².